The van der Waals surface area contributed by atoms with Crippen molar-refractivity contribution in [2.45, 2.75) is 44.6 Å². The van der Waals surface area contributed by atoms with Gasteiger partial charge in [0.2, 0.25) is 12.0 Å². The van der Waals surface area contributed by atoms with E-state index in [1.165, 1.54) is 6.92 Å². The van der Waals surface area contributed by atoms with Crippen LogP contribution >= 0.6 is 0 Å². The summed E-state index contributed by atoms with van der Waals surface area (Å²) in [6.45, 7) is 2.65. The molecule has 1 aromatic carbocycles. The van der Waals surface area contributed by atoms with Gasteiger partial charge in [0.25, 0.3) is 5.89 Å². The molecule has 1 atom stereocenters. The number of likely N-dealkylation sites (tertiary alicyclic amines) is 1. The van der Waals surface area contributed by atoms with Gasteiger partial charge in [0.05, 0.1) is 6.26 Å². The quantitative estimate of drug-likeness (QED) is 0.535. The Kier molecular flexibility index (Phi) is 6.45. The van der Waals surface area contributed by atoms with Crippen LogP contribution in [0.5, 0.6) is 0 Å². The van der Waals surface area contributed by atoms with E-state index in [-0.39, 0.29) is 17.7 Å². The number of ether oxygens (including phenoxy) is 1. The van der Waals surface area contributed by atoms with Crippen molar-refractivity contribution in [3.8, 4) is 0 Å². The third-order valence-corrected chi connectivity index (χ3v) is 5.45. The van der Waals surface area contributed by atoms with Crippen molar-refractivity contribution in [2.75, 3.05) is 13.1 Å². The van der Waals surface area contributed by atoms with E-state index in [1.54, 1.807) is 6.26 Å². The molecule has 0 N–H and O–H groups in total. The maximum Gasteiger partial charge on any atom is 0.303 e. The first-order chi connectivity index (χ1) is 15.1. The highest BCUT2D eigenvalue weighted by atomic mass is 16.6. The number of rotatable bonds is 7. The van der Waals surface area contributed by atoms with Crippen molar-refractivity contribution < 1.29 is 23.3 Å². The molecule has 1 aliphatic heterocycles. The zero-order valence-electron chi connectivity index (χ0n) is 17.4. The molecule has 0 unspecified atom stereocenters. The van der Waals surface area contributed by atoms with E-state index >= 15 is 0 Å². The molecule has 1 fully saturated rings. The number of amides is 1. The van der Waals surface area contributed by atoms with E-state index in [1.807, 2.05) is 47.4 Å². The van der Waals surface area contributed by atoms with E-state index in [2.05, 4.69) is 10.1 Å². The molecule has 4 rings (SSSR count). The van der Waals surface area contributed by atoms with Gasteiger partial charge < -0.3 is 18.6 Å². The predicted octanol–water partition coefficient (Wildman–Crippen LogP) is 3.65. The molecule has 162 valence electrons. The van der Waals surface area contributed by atoms with E-state index in [0.717, 1.165) is 24.2 Å². The van der Waals surface area contributed by atoms with Crippen LogP contribution in [0.1, 0.15) is 61.2 Å². The number of nitrogens with zero attached hydrogens (tertiary/aromatic N) is 3. The molecule has 3 aromatic rings. The molecular formula is C23H25N3O5. The molecule has 31 heavy (non-hydrogen) atoms. The van der Waals surface area contributed by atoms with Crippen molar-refractivity contribution in [3.05, 3.63) is 71.8 Å². The van der Waals surface area contributed by atoms with Gasteiger partial charge in [-0.15, -0.1) is 0 Å². The third kappa shape index (κ3) is 5.20. The maximum atomic E-state index is 12.5. The van der Waals surface area contributed by atoms with Crippen molar-refractivity contribution in [2.24, 2.45) is 0 Å². The monoisotopic (exact) mass is 423 g/mol. The first kappa shape index (κ1) is 20.8. The van der Waals surface area contributed by atoms with Gasteiger partial charge in [-0.3, -0.25) is 9.59 Å². The summed E-state index contributed by atoms with van der Waals surface area (Å²) in [6, 6.07) is 13.0. The Balaban J connectivity index is 1.36. The molecular weight excluding hydrogens is 398 g/mol. The van der Waals surface area contributed by atoms with Crippen LogP contribution in [0.2, 0.25) is 0 Å². The lowest BCUT2D eigenvalue weighted by Crippen LogP contribution is -2.38. The molecule has 0 radical (unpaired) electrons. The van der Waals surface area contributed by atoms with Gasteiger partial charge >= 0.3 is 5.97 Å². The topological polar surface area (TPSA) is 98.7 Å². The molecule has 8 nitrogen and oxygen atoms in total. The van der Waals surface area contributed by atoms with Gasteiger partial charge in [-0.25, -0.2) is 0 Å². The number of hydrogen-bond donors (Lipinski definition) is 0. The largest absolute Gasteiger partial charge is 0.469 e. The third-order valence-electron chi connectivity index (χ3n) is 5.45. The molecule has 0 spiro atoms. The second-order valence-corrected chi connectivity index (χ2v) is 7.63. The van der Waals surface area contributed by atoms with Crippen LogP contribution in [0.15, 0.2) is 57.7 Å². The fourth-order valence-corrected chi connectivity index (χ4v) is 3.80. The molecule has 0 bridgehead atoms. The average Bonchev–Trinajstić information content (AvgIpc) is 3.49. The first-order valence-electron chi connectivity index (χ1n) is 10.5. The molecule has 1 saturated heterocycles. The molecule has 8 heteroatoms. The summed E-state index contributed by atoms with van der Waals surface area (Å²) < 4.78 is 16.2. The Morgan fingerprint density at radius 2 is 1.94 bits per heavy atom. The minimum Gasteiger partial charge on any atom is -0.469 e. The fourth-order valence-electron chi connectivity index (χ4n) is 3.80. The van der Waals surface area contributed by atoms with Crippen molar-refractivity contribution in [1.29, 1.82) is 0 Å². The highest BCUT2D eigenvalue weighted by molar-refractivity contribution is 5.76. The minimum atomic E-state index is -0.733. The number of carbonyl (C=O) groups is 2. The van der Waals surface area contributed by atoms with E-state index in [0.29, 0.717) is 31.8 Å². The Labute approximate surface area is 180 Å². The summed E-state index contributed by atoms with van der Waals surface area (Å²) in [5.74, 6) is 1.47. The van der Waals surface area contributed by atoms with Crippen LogP contribution in [0.3, 0.4) is 0 Å². The standard InChI is InChI=1S/C23H25N3O5/c1-16(27)30-21(17-6-3-2-4-7-17)23-24-22(25-31-23)18-11-13-26(14-12-18)20(28)10-9-19-8-5-15-29-19/h2-8,15,18,21H,9-14H2,1H3/t21-/m1/s1. The van der Waals surface area contributed by atoms with Gasteiger partial charge in [0.15, 0.2) is 5.82 Å². The summed E-state index contributed by atoms with van der Waals surface area (Å²) >= 11 is 0. The summed E-state index contributed by atoms with van der Waals surface area (Å²) in [7, 11) is 0. The van der Waals surface area contributed by atoms with Gasteiger partial charge in [0.1, 0.15) is 5.76 Å². The van der Waals surface area contributed by atoms with E-state index < -0.39 is 12.1 Å². The normalized spacial score (nSPS) is 15.6. The Bertz CT molecular complexity index is 991. The number of hydrogen-bond acceptors (Lipinski definition) is 7. The minimum absolute atomic E-state index is 0.0976. The van der Waals surface area contributed by atoms with Crippen LogP contribution < -0.4 is 0 Å². The van der Waals surface area contributed by atoms with Crippen LogP contribution in [0.25, 0.3) is 0 Å². The number of piperidine rings is 1. The van der Waals surface area contributed by atoms with Crippen molar-refractivity contribution in [3.63, 3.8) is 0 Å². The zero-order valence-corrected chi connectivity index (χ0v) is 17.4. The lowest BCUT2D eigenvalue weighted by atomic mass is 9.96. The molecule has 3 heterocycles. The van der Waals surface area contributed by atoms with Crippen LogP contribution in [-0.4, -0.2) is 40.0 Å². The van der Waals surface area contributed by atoms with Crippen molar-refractivity contribution in [1.82, 2.24) is 15.0 Å². The highest BCUT2D eigenvalue weighted by Crippen LogP contribution is 2.30. The van der Waals surface area contributed by atoms with Crippen LogP contribution in [0, 0.1) is 0 Å². The van der Waals surface area contributed by atoms with E-state index in [4.69, 9.17) is 13.7 Å². The zero-order chi connectivity index (χ0) is 21.6. The lowest BCUT2D eigenvalue weighted by molar-refractivity contribution is -0.145. The SMILES string of the molecule is CC(=O)O[C@H](c1ccccc1)c1nc(C2CCN(C(=O)CCc3ccco3)CC2)no1. The number of aryl methyl sites for hydroxylation is 1. The number of furan rings is 1. The summed E-state index contributed by atoms with van der Waals surface area (Å²) in [5.41, 5.74) is 0.768. The predicted molar refractivity (Wildman–Crippen MR) is 110 cm³/mol. The molecule has 0 aliphatic carbocycles. The van der Waals surface area contributed by atoms with Crippen molar-refractivity contribution >= 4 is 11.9 Å². The number of benzene rings is 1. The van der Waals surface area contributed by atoms with Gasteiger partial charge in [0, 0.05) is 44.3 Å². The maximum absolute atomic E-state index is 12.5. The van der Waals surface area contributed by atoms with Gasteiger partial charge in [-0.05, 0) is 25.0 Å². The number of esters is 1. The number of aromatic nitrogens is 2. The summed E-state index contributed by atoms with van der Waals surface area (Å²) in [6.07, 6.45) is 3.45. The molecule has 1 aliphatic rings. The second kappa shape index (κ2) is 9.59. The van der Waals surface area contributed by atoms with Gasteiger partial charge in [-0.1, -0.05) is 35.5 Å². The van der Waals surface area contributed by atoms with Gasteiger partial charge in [-0.2, -0.15) is 4.98 Å². The van der Waals surface area contributed by atoms with E-state index in [9.17, 15) is 9.59 Å². The Morgan fingerprint density at radius 3 is 2.61 bits per heavy atom. The molecule has 1 amide bonds. The second-order valence-electron chi connectivity index (χ2n) is 7.63. The highest BCUT2D eigenvalue weighted by Gasteiger charge is 2.30. The first-order valence-corrected chi connectivity index (χ1v) is 10.5. The fraction of sp³-hybridized carbons (Fsp3) is 0.391. The van der Waals surface area contributed by atoms with Crippen LogP contribution in [-0.2, 0) is 20.7 Å². The summed E-state index contributed by atoms with van der Waals surface area (Å²) in [5, 5.41) is 4.14. The molecule has 2 aromatic heterocycles. The number of carbonyl (C=O) groups excluding carboxylic acids is 2. The average molecular weight is 423 g/mol. The Morgan fingerprint density at radius 1 is 1.16 bits per heavy atom. The smallest absolute Gasteiger partial charge is 0.303 e. The summed E-state index contributed by atoms with van der Waals surface area (Å²) in [4.78, 5) is 30.5. The molecule has 0 saturated carbocycles. The Hall–Kier alpha value is -3.42. The lowest BCUT2D eigenvalue weighted by Gasteiger charge is -2.30. The van der Waals surface area contributed by atoms with Crippen LogP contribution in [0.4, 0.5) is 0 Å².